The molecule has 1 saturated heterocycles. The molecule has 0 bridgehead atoms. The number of anilines is 1. The van der Waals surface area contributed by atoms with E-state index in [1.165, 1.54) is 19.3 Å². The van der Waals surface area contributed by atoms with Crippen LogP contribution in [0.1, 0.15) is 25.0 Å². The first-order chi connectivity index (χ1) is 7.29. The van der Waals surface area contributed by atoms with Gasteiger partial charge in [0.2, 0.25) is 0 Å². The summed E-state index contributed by atoms with van der Waals surface area (Å²) in [4.78, 5) is 10.9. The van der Waals surface area contributed by atoms with Crippen molar-refractivity contribution in [3.05, 3.63) is 11.8 Å². The molecular weight excluding hydrogens is 190 g/mol. The van der Waals surface area contributed by atoms with E-state index in [1.54, 1.807) is 7.11 Å². The zero-order valence-electron chi connectivity index (χ0n) is 9.36. The third-order valence-corrected chi connectivity index (χ3v) is 2.68. The normalized spacial score (nSPS) is 16.5. The molecule has 1 aliphatic heterocycles. The number of ether oxygens (including phenoxy) is 1. The molecule has 0 spiro atoms. The van der Waals surface area contributed by atoms with E-state index in [0.717, 1.165) is 24.6 Å². The lowest BCUT2D eigenvalue weighted by Crippen LogP contribution is -2.30. The second kappa shape index (κ2) is 4.47. The Labute approximate surface area is 90.3 Å². The van der Waals surface area contributed by atoms with Gasteiger partial charge in [0.1, 0.15) is 5.82 Å². The second-order valence-electron chi connectivity index (χ2n) is 3.90. The van der Waals surface area contributed by atoms with Crippen LogP contribution in [0.15, 0.2) is 6.07 Å². The topological polar surface area (TPSA) is 38.2 Å². The summed E-state index contributed by atoms with van der Waals surface area (Å²) in [5.74, 6) is 0.999. The van der Waals surface area contributed by atoms with E-state index >= 15 is 0 Å². The maximum absolute atomic E-state index is 5.08. The van der Waals surface area contributed by atoms with Crippen molar-refractivity contribution in [3.8, 4) is 6.01 Å². The summed E-state index contributed by atoms with van der Waals surface area (Å²) in [7, 11) is 1.61. The van der Waals surface area contributed by atoms with Gasteiger partial charge in [0.15, 0.2) is 0 Å². The van der Waals surface area contributed by atoms with E-state index in [4.69, 9.17) is 4.74 Å². The van der Waals surface area contributed by atoms with Crippen molar-refractivity contribution in [2.75, 3.05) is 25.1 Å². The average molecular weight is 207 g/mol. The molecule has 0 unspecified atom stereocenters. The van der Waals surface area contributed by atoms with E-state index in [1.807, 2.05) is 13.0 Å². The molecule has 0 N–H and O–H groups in total. The quantitative estimate of drug-likeness (QED) is 0.741. The zero-order valence-corrected chi connectivity index (χ0v) is 9.36. The smallest absolute Gasteiger partial charge is 0.318 e. The van der Waals surface area contributed by atoms with Crippen LogP contribution in [0.3, 0.4) is 0 Å². The number of nitrogens with zero attached hydrogens (tertiary/aromatic N) is 3. The Morgan fingerprint density at radius 2 is 1.93 bits per heavy atom. The standard InChI is InChI=1S/C11H17N3O/c1-9-8-10(13-11(12-9)15-2)14-6-4-3-5-7-14/h8H,3-7H2,1-2H3. The van der Waals surface area contributed by atoms with E-state index < -0.39 is 0 Å². The second-order valence-corrected chi connectivity index (χ2v) is 3.90. The number of hydrogen-bond donors (Lipinski definition) is 0. The highest BCUT2D eigenvalue weighted by Gasteiger charge is 2.13. The predicted molar refractivity (Wildman–Crippen MR) is 59.4 cm³/mol. The van der Waals surface area contributed by atoms with Crippen LogP contribution in [0.5, 0.6) is 6.01 Å². The van der Waals surface area contributed by atoms with Crippen LogP contribution in [0.25, 0.3) is 0 Å². The molecule has 1 fully saturated rings. The van der Waals surface area contributed by atoms with Crippen LogP contribution in [-0.2, 0) is 0 Å². The fourth-order valence-electron chi connectivity index (χ4n) is 1.90. The molecule has 1 aliphatic rings. The van der Waals surface area contributed by atoms with Gasteiger partial charge in [0, 0.05) is 24.8 Å². The van der Waals surface area contributed by atoms with Crippen molar-refractivity contribution >= 4 is 5.82 Å². The molecule has 0 radical (unpaired) electrons. The fraction of sp³-hybridized carbons (Fsp3) is 0.636. The number of rotatable bonds is 2. The van der Waals surface area contributed by atoms with Gasteiger partial charge < -0.3 is 9.64 Å². The van der Waals surface area contributed by atoms with E-state index in [-0.39, 0.29) is 0 Å². The van der Waals surface area contributed by atoms with Gasteiger partial charge in [0.05, 0.1) is 7.11 Å². The first-order valence-electron chi connectivity index (χ1n) is 5.44. The summed E-state index contributed by atoms with van der Waals surface area (Å²) in [6.07, 6.45) is 3.84. The summed E-state index contributed by atoms with van der Waals surface area (Å²) < 4.78 is 5.08. The van der Waals surface area contributed by atoms with Gasteiger partial charge >= 0.3 is 6.01 Å². The minimum atomic E-state index is 0.468. The molecule has 0 aliphatic carbocycles. The van der Waals surface area contributed by atoms with Crippen molar-refractivity contribution in [1.29, 1.82) is 0 Å². The van der Waals surface area contributed by atoms with Gasteiger partial charge in [-0.1, -0.05) is 0 Å². The van der Waals surface area contributed by atoms with Gasteiger partial charge in [0.25, 0.3) is 0 Å². The van der Waals surface area contributed by atoms with Gasteiger partial charge in [-0.3, -0.25) is 0 Å². The monoisotopic (exact) mass is 207 g/mol. The van der Waals surface area contributed by atoms with Crippen LogP contribution >= 0.6 is 0 Å². The highest BCUT2D eigenvalue weighted by Crippen LogP contribution is 2.19. The Morgan fingerprint density at radius 1 is 1.20 bits per heavy atom. The third-order valence-electron chi connectivity index (χ3n) is 2.68. The summed E-state index contributed by atoms with van der Waals surface area (Å²) >= 11 is 0. The van der Waals surface area contributed by atoms with E-state index in [9.17, 15) is 0 Å². The number of methoxy groups -OCH3 is 1. The largest absolute Gasteiger partial charge is 0.467 e. The van der Waals surface area contributed by atoms with Crippen LogP contribution in [0, 0.1) is 6.92 Å². The SMILES string of the molecule is COc1nc(C)cc(N2CCCCC2)n1. The fourth-order valence-corrected chi connectivity index (χ4v) is 1.90. The number of hydrogen-bond acceptors (Lipinski definition) is 4. The first-order valence-corrected chi connectivity index (χ1v) is 5.44. The number of piperidine rings is 1. The zero-order chi connectivity index (χ0) is 10.7. The molecule has 4 heteroatoms. The maximum Gasteiger partial charge on any atom is 0.318 e. The summed E-state index contributed by atoms with van der Waals surface area (Å²) in [6.45, 7) is 4.16. The lowest BCUT2D eigenvalue weighted by atomic mass is 10.1. The average Bonchev–Trinajstić information content (AvgIpc) is 2.29. The highest BCUT2D eigenvalue weighted by atomic mass is 16.5. The first kappa shape index (κ1) is 10.2. The summed E-state index contributed by atoms with van der Waals surface area (Å²) in [5.41, 5.74) is 0.961. The third kappa shape index (κ3) is 2.37. The van der Waals surface area contributed by atoms with E-state index in [0.29, 0.717) is 6.01 Å². The highest BCUT2D eigenvalue weighted by molar-refractivity contribution is 5.40. The lowest BCUT2D eigenvalue weighted by molar-refractivity contribution is 0.378. The van der Waals surface area contributed by atoms with Gasteiger partial charge in [-0.05, 0) is 26.2 Å². The molecule has 0 saturated carbocycles. The molecule has 2 rings (SSSR count). The maximum atomic E-state index is 5.08. The van der Waals surface area contributed by atoms with Gasteiger partial charge in [-0.25, -0.2) is 4.98 Å². The van der Waals surface area contributed by atoms with Crippen LogP contribution in [0.2, 0.25) is 0 Å². The van der Waals surface area contributed by atoms with E-state index in [2.05, 4.69) is 14.9 Å². The Hall–Kier alpha value is -1.32. The molecule has 4 nitrogen and oxygen atoms in total. The Morgan fingerprint density at radius 3 is 2.60 bits per heavy atom. The Balaban J connectivity index is 2.22. The van der Waals surface area contributed by atoms with Gasteiger partial charge in [-0.2, -0.15) is 4.98 Å². The molecule has 0 amide bonds. The van der Waals surface area contributed by atoms with Crippen molar-refractivity contribution < 1.29 is 4.74 Å². The van der Waals surface area contributed by atoms with Crippen LogP contribution in [-0.4, -0.2) is 30.2 Å². The van der Waals surface area contributed by atoms with Crippen molar-refractivity contribution in [2.45, 2.75) is 26.2 Å². The Bertz CT molecular complexity index is 335. The molecular formula is C11H17N3O. The summed E-state index contributed by atoms with van der Waals surface area (Å²) in [5, 5.41) is 0. The van der Waals surface area contributed by atoms with Crippen LogP contribution < -0.4 is 9.64 Å². The molecule has 0 aromatic carbocycles. The number of aryl methyl sites for hydroxylation is 1. The van der Waals surface area contributed by atoms with Crippen LogP contribution in [0.4, 0.5) is 5.82 Å². The van der Waals surface area contributed by atoms with Crippen molar-refractivity contribution in [3.63, 3.8) is 0 Å². The van der Waals surface area contributed by atoms with Crippen molar-refractivity contribution in [1.82, 2.24) is 9.97 Å². The molecule has 0 atom stereocenters. The molecule has 2 heterocycles. The molecule has 82 valence electrons. The molecule has 15 heavy (non-hydrogen) atoms. The lowest BCUT2D eigenvalue weighted by Gasteiger charge is -2.27. The van der Waals surface area contributed by atoms with Gasteiger partial charge in [-0.15, -0.1) is 0 Å². The molecule has 1 aromatic rings. The minimum Gasteiger partial charge on any atom is -0.467 e. The van der Waals surface area contributed by atoms with Crippen molar-refractivity contribution in [2.24, 2.45) is 0 Å². The number of aromatic nitrogens is 2. The molecule has 1 aromatic heterocycles. The predicted octanol–water partition coefficient (Wildman–Crippen LogP) is 1.78. The summed E-state index contributed by atoms with van der Waals surface area (Å²) in [6, 6.07) is 2.49. The Kier molecular flexibility index (Phi) is 3.04. The minimum absolute atomic E-state index is 0.468.